The molecule has 0 bridgehead atoms. The van der Waals surface area contributed by atoms with Crippen LogP contribution in [0.2, 0.25) is 0 Å². The van der Waals surface area contributed by atoms with Gasteiger partial charge in [-0.2, -0.15) is 0 Å². The zero-order valence-electron chi connectivity index (χ0n) is 15.9. The molecular weight excluding hydrogens is 338 g/mol. The summed E-state index contributed by atoms with van der Waals surface area (Å²) in [5.41, 5.74) is 0.532. The molecule has 1 aliphatic heterocycles. The summed E-state index contributed by atoms with van der Waals surface area (Å²) >= 11 is 0. The molecule has 1 heterocycles. The lowest BCUT2D eigenvalue weighted by atomic mass is 10.0. The zero-order valence-corrected chi connectivity index (χ0v) is 16.8. The number of carbonyl (C=O) groups excluding carboxylic acids is 1. The summed E-state index contributed by atoms with van der Waals surface area (Å²) in [5, 5.41) is 2.36. The second-order valence-electron chi connectivity index (χ2n) is 6.59. The van der Waals surface area contributed by atoms with Gasteiger partial charge in [-0.3, -0.25) is 8.98 Å². The summed E-state index contributed by atoms with van der Waals surface area (Å²) in [6, 6.07) is 0. The largest absolute Gasteiger partial charge is 0.317 e. The van der Waals surface area contributed by atoms with E-state index >= 15 is 0 Å². The minimum atomic E-state index is -2.64. The summed E-state index contributed by atoms with van der Waals surface area (Å²) in [6.07, 6.45) is 18.3. The molecule has 0 atom stereocenters. The Morgan fingerprint density at radius 1 is 0.800 bits per heavy atom. The van der Waals surface area contributed by atoms with E-state index in [0.29, 0.717) is 12.3 Å². The first-order valence-electron chi connectivity index (χ1n) is 9.85. The van der Waals surface area contributed by atoms with Crippen molar-refractivity contribution >= 4 is 16.9 Å². The molecular formula is C19H37NO4S. The summed E-state index contributed by atoms with van der Waals surface area (Å²) in [6.45, 7) is 5.91. The third-order valence-electron chi connectivity index (χ3n) is 4.17. The fraction of sp³-hybridized carbons (Fsp3) is 0.842. The number of unbranched alkanes of at least 4 members (excludes halogenated alkanes) is 13. The van der Waals surface area contributed by atoms with Gasteiger partial charge in [0.25, 0.3) is 16.9 Å². The molecule has 0 radical (unpaired) electrons. The van der Waals surface area contributed by atoms with Crippen molar-refractivity contribution in [1.29, 1.82) is 0 Å². The molecule has 1 saturated heterocycles. The van der Waals surface area contributed by atoms with Crippen molar-refractivity contribution in [3.05, 3.63) is 12.3 Å². The Bertz CT molecular complexity index is 402. The van der Waals surface area contributed by atoms with Crippen molar-refractivity contribution in [2.75, 3.05) is 6.61 Å². The summed E-state index contributed by atoms with van der Waals surface area (Å²) in [5.74, 6) is -0.0231. The number of carbonyl (C=O) groups is 1. The first-order valence-corrected chi connectivity index (χ1v) is 10.9. The Morgan fingerprint density at radius 2 is 1.12 bits per heavy atom. The normalized spacial score (nSPS) is 12.7. The summed E-state index contributed by atoms with van der Waals surface area (Å²) in [4.78, 5) is 9.68. The molecule has 5 nitrogen and oxygen atoms in total. The number of amides is 1. The maximum absolute atomic E-state index is 10.1. The second-order valence-corrected chi connectivity index (χ2v) is 7.29. The van der Waals surface area contributed by atoms with Gasteiger partial charge in [0.05, 0.1) is 12.3 Å². The van der Waals surface area contributed by atoms with Crippen molar-refractivity contribution < 1.29 is 17.4 Å². The zero-order chi connectivity index (χ0) is 18.8. The van der Waals surface area contributed by atoms with Gasteiger partial charge < -0.3 is 5.32 Å². The van der Waals surface area contributed by atoms with E-state index in [1.165, 1.54) is 77.0 Å². The summed E-state index contributed by atoms with van der Waals surface area (Å²) in [7, 11) is -2.64. The third-order valence-corrected chi connectivity index (χ3v) is 4.56. The molecule has 1 N–H and O–H groups in total. The average Bonchev–Trinajstić information content (AvgIpc) is 3.23. The van der Waals surface area contributed by atoms with Crippen LogP contribution >= 0.6 is 0 Å². The lowest BCUT2D eigenvalue weighted by Crippen LogP contribution is -1.92. The van der Waals surface area contributed by atoms with Crippen LogP contribution in [-0.4, -0.2) is 20.9 Å². The third kappa shape index (κ3) is 21.1. The van der Waals surface area contributed by atoms with Crippen LogP contribution in [0.3, 0.4) is 0 Å². The smallest absolute Gasteiger partial charge is 0.271 e. The molecule has 1 rings (SSSR count). The average molecular weight is 376 g/mol. The number of hydrogen-bond donors (Lipinski definition) is 2. The molecule has 0 spiro atoms. The fourth-order valence-corrected chi connectivity index (χ4v) is 2.82. The van der Waals surface area contributed by atoms with Crippen LogP contribution in [0.1, 0.15) is 96.8 Å². The van der Waals surface area contributed by atoms with Gasteiger partial charge in [-0.15, -0.1) is 0 Å². The van der Waals surface area contributed by atoms with E-state index in [-0.39, 0.29) is 5.91 Å². The van der Waals surface area contributed by atoms with Gasteiger partial charge in [0.2, 0.25) is 0 Å². The Balaban J connectivity index is 0.000000972. The van der Waals surface area contributed by atoms with Crippen molar-refractivity contribution in [2.24, 2.45) is 0 Å². The molecule has 1 fully saturated rings. The highest BCUT2D eigenvalue weighted by Gasteiger charge is 2.20. The van der Waals surface area contributed by atoms with Gasteiger partial charge >= 0.3 is 0 Å². The van der Waals surface area contributed by atoms with E-state index in [2.05, 4.69) is 23.0 Å². The lowest BCUT2D eigenvalue weighted by molar-refractivity contribution is -0.109. The van der Waals surface area contributed by atoms with Gasteiger partial charge in [-0.05, 0) is 6.42 Å². The van der Waals surface area contributed by atoms with E-state index < -0.39 is 11.0 Å². The van der Waals surface area contributed by atoms with Crippen LogP contribution in [-0.2, 0) is 20.0 Å². The number of hydrogen-bond acceptors (Lipinski definition) is 4. The van der Waals surface area contributed by atoms with E-state index in [1.54, 1.807) is 0 Å². The monoisotopic (exact) mass is 375 g/mol. The number of thiol groups is 1. The molecule has 6 heteroatoms. The topological polar surface area (TPSA) is 82.4 Å². The maximum Gasteiger partial charge on any atom is 0.271 e. The molecule has 25 heavy (non-hydrogen) atoms. The minimum absolute atomic E-state index is 0.0231. The van der Waals surface area contributed by atoms with Gasteiger partial charge in [0, 0.05) is 0 Å². The maximum atomic E-state index is 10.1. The van der Waals surface area contributed by atoms with E-state index in [9.17, 15) is 13.2 Å². The fourth-order valence-electron chi connectivity index (χ4n) is 2.54. The van der Waals surface area contributed by atoms with Crippen molar-refractivity contribution in [2.45, 2.75) is 96.8 Å². The number of nitrogens with one attached hydrogen (secondary N) is 1. The molecule has 0 aliphatic carbocycles. The Kier molecular flexibility index (Phi) is 17.3. The van der Waals surface area contributed by atoms with Crippen LogP contribution in [0.25, 0.3) is 0 Å². The Morgan fingerprint density at radius 3 is 1.40 bits per heavy atom. The standard InChI is InChI=1S/C16H34O3S.C3H3NO/c1-2-3-4-5-6-7-8-9-10-11-12-13-14-15-16-19-20(17)18;1-2-3(5)4-2/h20H,2-16H2,1H3;1H2,(H,4,5). The number of rotatable bonds is 16. The summed E-state index contributed by atoms with van der Waals surface area (Å²) < 4.78 is 24.8. The molecule has 0 unspecified atom stereocenters. The first-order chi connectivity index (χ1) is 12.1. The van der Waals surface area contributed by atoms with E-state index in [1.807, 2.05) is 0 Å². The predicted molar refractivity (Wildman–Crippen MR) is 104 cm³/mol. The van der Waals surface area contributed by atoms with Gasteiger partial charge in [-0.1, -0.05) is 97.0 Å². The van der Waals surface area contributed by atoms with E-state index in [0.717, 1.165) is 12.8 Å². The second kappa shape index (κ2) is 17.9. The molecule has 0 aromatic carbocycles. The Labute approximate surface area is 155 Å². The molecule has 1 aliphatic rings. The highest BCUT2D eigenvalue weighted by atomic mass is 32.2. The highest BCUT2D eigenvalue weighted by Crippen LogP contribution is 2.12. The van der Waals surface area contributed by atoms with Crippen LogP contribution in [0, 0.1) is 0 Å². The van der Waals surface area contributed by atoms with Gasteiger partial charge in [-0.25, -0.2) is 8.42 Å². The highest BCUT2D eigenvalue weighted by molar-refractivity contribution is 7.67. The Hall–Kier alpha value is -0.880. The quantitative estimate of drug-likeness (QED) is 0.178. The van der Waals surface area contributed by atoms with Gasteiger partial charge in [0.15, 0.2) is 0 Å². The first kappa shape index (κ1) is 24.1. The minimum Gasteiger partial charge on any atom is -0.317 e. The van der Waals surface area contributed by atoms with Crippen LogP contribution in [0.5, 0.6) is 0 Å². The van der Waals surface area contributed by atoms with Crippen LogP contribution in [0.4, 0.5) is 0 Å². The van der Waals surface area contributed by atoms with Crippen molar-refractivity contribution in [3.63, 3.8) is 0 Å². The SMILES string of the molecule is C=C1NC1=O.CCCCCCCCCCCCCCCCO[SH](=O)=O. The molecule has 0 aromatic heterocycles. The lowest BCUT2D eigenvalue weighted by Gasteiger charge is -2.03. The molecule has 0 aromatic rings. The van der Waals surface area contributed by atoms with Crippen molar-refractivity contribution in [1.82, 2.24) is 5.32 Å². The molecule has 1 amide bonds. The van der Waals surface area contributed by atoms with E-state index in [4.69, 9.17) is 0 Å². The molecule has 148 valence electrons. The molecule has 0 saturated carbocycles. The van der Waals surface area contributed by atoms with Crippen LogP contribution in [0.15, 0.2) is 12.3 Å². The van der Waals surface area contributed by atoms with Crippen LogP contribution < -0.4 is 5.32 Å². The van der Waals surface area contributed by atoms with Gasteiger partial charge in [0.1, 0.15) is 0 Å². The van der Waals surface area contributed by atoms with Crippen molar-refractivity contribution in [3.8, 4) is 0 Å². The predicted octanol–water partition coefficient (Wildman–Crippen LogP) is 4.64.